The third kappa shape index (κ3) is 5.78. The molecule has 0 spiro atoms. The Morgan fingerprint density at radius 1 is 1.03 bits per heavy atom. The predicted molar refractivity (Wildman–Crippen MR) is 136 cm³/mol. The van der Waals surface area contributed by atoms with Crippen molar-refractivity contribution < 1.29 is 28.5 Å². The van der Waals surface area contributed by atoms with Crippen LogP contribution in [0.25, 0.3) is 22.2 Å². The van der Waals surface area contributed by atoms with Crippen LogP contribution in [0, 0.1) is 5.82 Å². The Morgan fingerprint density at radius 2 is 1.75 bits per heavy atom. The van der Waals surface area contributed by atoms with Crippen molar-refractivity contribution in [3.05, 3.63) is 78.1 Å². The van der Waals surface area contributed by atoms with Gasteiger partial charge in [0.2, 0.25) is 11.7 Å². The van der Waals surface area contributed by atoms with Crippen molar-refractivity contribution in [3.63, 3.8) is 0 Å². The van der Waals surface area contributed by atoms with Crippen LogP contribution in [-0.4, -0.2) is 49.5 Å². The number of halogens is 1. The SMILES string of the molecule is COc1cccc(OC)c1OC[C@@H](O)CNC(=O)CCc1c(-c2ccccc2)[nH]c2ccc(F)cc12. The second kappa shape index (κ2) is 11.6. The maximum atomic E-state index is 14.0. The summed E-state index contributed by atoms with van der Waals surface area (Å²) < 4.78 is 30.2. The third-order valence-electron chi connectivity index (χ3n) is 5.87. The second-order valence-corrected chi connectivity index (χ2v) is 8.30. The van der Waals surface area contributed by atoms with Crippen LogP contribution in [0.4, 0.5) is 4.39 Å². The maximum Gasteiger partial charge on any atom is 0.220 e. The number of carbonyl (C=O) groups is 1. The summed E-state index contributed by atoms with van der Waals surface area (Å²) in [5.74, 6) is 0.785. The highest BCUT2D eigenvalue weighted by atomic mass is 19.1. The molecule has 3 N–H and O–H groups in total. The number of aromatic amines is 1. The number of ether oxygens (including phenoxy) is 3. The van der Waals surface area contributed by atoms with Crippen LogP contribution in [-0.2, 0) is 11.2 Å². The number of aliphatic hydroxyl groups excluding tert-OH is 1. The minimum Gasteiger partial charge on any atom is -0.493 e. The molecule has 36 heavy (non-hydrogen) atoms. The molecule has 1 heterocycles. The molecule has 1 aromatic heterocycles. The number of hydrogen-bond acceptors (Lipinski definition) is 5. The fraction of sp³-hybridized carbons (Fsp3) is 0.250. The van der Waals surface area contributed by atoms with Crippen molar-refractivity contribution in [1.82, 2.24) is 10.3 Å². The van der Waals surface area contributed by atoms with Gasteiger partial charge in [0.15, 0.2) is 11.5 Å². The van der Waals surface area contributed by atoms with Gasteiger partial charge >= 0.3 is 0 Å². The zero-order valence-corrected chi connectivity index (χ0v) is 20.2. The number of amides is 1. The van der Waals surface area contributed by atoms with E-state index in [4.69, 9.17) is 14.2 Å². The molecule has 0 unspecified atom stereocenters. The van der Waals surface area contributed by atoms with Gasteiger partial charge in [-0.05, 0) is 47.9 Å². The summed E-state index contributed by atoms with van der Waals surface area (Å²) >= 11 is 0. The Bertz CT molecular complexity index is 1300. The van der Waals surface area contributed by atoms with E-state index in [9.17, 15) is 14.3 Å². The lowest BCUT2D eigenvalue weighted by Crippen LogP contribution is -2.35. The van der Waals surface area contributed by atoms with Crippen molar-refractivity contribution in [2.45, 2.75) is 18.9 Å². The molecule has 0 saturated carbocycles. The number of benzene rings is 3. The molecule has 8 heteroatoms. The molecule has 7 nitrogen and oxygen atoms in total. The number of rotatable bonds is 11. The van der Waals surface area contributed by atoms with Crippen LogP contribution in [0.3, 0.4) is 0 Å². The van der Waals surface area contributed by atoms with Crippen molar-refractivity contribution in [2.24, 2.45) is 0 Å². The highest BCUT2D eigenvalue weighted by Gasteiger charge is 2.17. The quantitative estimate of drug-likeness (QED) is 0.287. The first-order chi connectivity index (χ1) is 17.5. The maximum absolute atomic E-state index is 14.0. The van der Waals surface area contributed by atoms with E-state index in [0.29, 0.717) is 23.7 Å². The number of aryl methyl sites for hydroxylation is 1. The highest BCUT2D eigenvalue weighted by molar-refractivity contribution is 5.91. The third-order valence-corrected chi connectivity index (χ3v) is 5.87. The number of nitrogens with one attached hydrogen (secondary N) is 2. The minimum atomic E-state index is -0.939. The molecule has 0 fully saturated rings. The van der Waals surface area contributed by atoms with Crippen LogP contribution >= 0.6 is 0 Å². The lowest BCUT2D eigenvalue weighted by Gasteiger charge is -2.17. The van der Waals surface area contributed by atoms with E-state index < -0.39 is 6.10 Å². The first-order valence-electron chi connectivity index (χ1n) is 11.6. The van der Waals surface area contributed by atoms with Crippen LogP contribution in [0.2, 0.25) is 0 Å². The van der Waals surface area contributed by atoms with E-state index >= 15 is 0 Å². The number of carbonyl (C=O) groups excluding carboxylic acids is 1. The van der Waals surface area contributed by atoms with E-state index in [0.717, 1.165) is 27.7 Å². The summed E-state index contributed by atoms with van der Waals surface area (Å²) in [6, 6.07) is 19.6. The molecular weight excluding hydrogens is 463 g/mol. The van der Waals surface area contributed by atoms with Gasteiger partial charge in [0, 0.05) is 29.6 Å². The first kappa shape index (κ1) is 25.1. The first-order valence-corrected chi connectivity index (χ1v) is 11.6. The van der Waals surface area contributed by atoms with Crippen LogP contribution in [0.1, 0.15) is 12.0 Å². The molecule has 0 aliphatic carbocycles. The van der Waals surface area contributed by atoms with Gasteiger partial charge in [0.25, 0.3) is 0 Å². The highest BCUT2D eigenvalue weighted by Crippen LogP contribution is 2.36. The standard InChI is InChI=1S/C28H29FN2O5/c1-34-24-9-6-10-25(35-2)28(24)36-17-20(32)16-30-26(33)14-12-21-22-15-19(29)11-13-23(22)31-27(21)18-7-4-3-5-8-18/h3-11,13,15,20,31-32H,12,14,16-17H2,1-2H3,(H,30,33)/t20-/m0/s1. The van der Waals surface area contributed by atoms with Crippen molar-refractivity contribution in [3.8, 4) is 28.5 Å². The van der Waals surface area contributed by atoms with Crippen LogP contribution < -0.4 is 19.5 Å². The zero-order valence-electron chi connectivity index (χ0n) is 20.2. The number of aromatic nitrogens is 1. The largest absolute Gasteiger partial charge is 0.493 e. The second-order valence-electron chi connectivity index (χ2n) is 8.30. The normalized spacial score (nSPS) is 11.8. The van der Waals surface area contributed by atoms with E-state index in [2.05, 4.69) is 10.3 Å². The molecular formula is C28H29FN2O5. The smallest absolute Gasteiger partial charge is 0.220 e. The molecule has 4 rings (SSSR count). The summed E-state index contributed by atoms with van der Waals surface area (Å²) in [6.45, 7) is -0.0404. The van der Waals surface area contributed by atoms with E-state index in [-0.39, 0.29) is 31.3 Å². The van der Waals surface area contributed by atoms with Crippen molar-refractivity contribution in [2.75, 3.05) is 27.4 Å². The number of methoxy groups -OCH3 is 2. The molecule has 4 aromatic rings. The van der Waals surface area contributed by atoms with Gasteiger partial charge in [-0.2, -0.15) is 0 Å². The number of hydrogen-bond donors (Lipinski definition) is 3. The van der Waals surface area contributed by atoms with Crippen molar-refractivity contribution >= 4 is 16.8 Å². The summed E-state index contributed by atoms with van der Waals surface area (Å²) in [5, 5.41) is 13.8. The molecule has 1 amide bonds. The van der Waals surface area contributed by atoms with Gasteiger partial charge in [0.1, 0.15) is 18.5 Å². The minimum absolute atomic E-state index is 0.0182. The average Bonchev–Trinajstić information content (AvgIpc) is 3.27. The molecule has 1 atom stereocenters. The lowest BCUT2D eigenvalue weighted by molar-refractivity contribution is -0.121. The average molecular weight is 493 g/mol. The summed E-state index contributed by atoms with van der Waals surface area (Å²) in [7, 11) is 3.03. The number of H-pyrrole nitrogens is 1. The van der Waals surface area contributed by atoms with Crippen LogP contribution in [0.15, 0.2) is 66.7 Å². The fourth-order valence-electron chi connectivity index (χ4n) is 4.09. The van der Waals surface area contributed by atoms with Crippen molar-refractivity contribution in [1.29, 1.82) is 0 Å². The molecule has 0 bridgehead atoms. The number of para-hydroxylation sites is 1. The Balaban J connectivity index is 1.37. The number of fused-ring (bicyclic) bond motifs is 1. The lowest BCUT2D eigenvalue weighted by atomic mass is 10.0. The van der Waals surface area contributed by atoms with Gasteiger partial charge in [-0.25, -0.2) is 4.39 Å². The van der Waals surface area contributed by atoms with Gasteiger partial charge in [-0.3, -0.25) is 4.79 Å². The Labute approximate surface area is 208 Å². The molecule has 0 aliphatic heterocycles. The summed E-state index contributed by atoms with van der Waals surface area (Å²) in [4.78, 5) is 15.9. The monoisotopic (exact) mass is 492 g/mol. The molecule has 188 valence electrons. The van der Waals surface area contributed by atoms with E-state index in [1.54, 1.807) is 24.3 Å². The van der Waals surface area contributed by atoms with Gasteiger partial charge in [-0.15, -0.1) is 0 Å². The Kier molecular flexibility index (Phi) is 8.07. The molecule has 0 saturated heterocycles. The van der Waals surface area contributed by atoms with Gasteiger partial charge in [-0.1, -0.05) is 36.4 Å². The number of aliphatic hydroxyl groups is 1. The summed E-state index contributed by atoms with van der Waals surface area (Å²) in [6.07, 6.45) is -0.354. The molecule has 0 radical (unpaired) electrons. The van der Waals surface area contributed by atoms with Gasteiger partial charge in [0.05, 0.1) is 14.2 Å². The molecule has 0 aliphatic rings. The Morgan fingerprint density at radius 3 is 2.44 bits per heavy atom. The molecule has 3 aromatic carbocycles. The van der Waals surface area contributed by atoms with Gasteiger partial charge < -0.3 is 29.6 Å². The Hall–Kier alpha value is -4.04. The predicted octanol–water partition coefficient (Wildman–Crippen LogP) is 4.48. The van der Waals surface area contributed by atoms with Crippen LogP contribution in [0.5, 0.6) is 17.2 Å². The summed E-state index contributed by atoms with van der Waals surface area (Å²) in [5.41, 5.74) is 3.51. The topological polar surface area (TPSA) is 92.8 Å². The van der Waals surface area contributed by atoms with E-state index in [1.807, 2.05) is 30.3 Å². The fourth-order valence-corrected chi connectivity index (χ4v) is 4.09. The van der Waals surface area contributed by atoms with E-state index in [1.165, 1.54) is 26.4 Å². The zero-order chi connectivity index (χ0) is 25.5.